The van der Waals surface area contributed by atoms with E-state index in [4.69, 9.17) is 0 Å². The van der Waals surface area contributed by atoms with Crippen molar-refractivity contribution in [3.05, 3.63) is 0 Å². The van der Waals surface area contributed by atoms with Crippen molar-refractivity contribution in [2.45, 2.75) is 96.8 Å². The SMILES string of the molecule is C[C@H]1CC[C@H]2[C@@H](C)[C@H]3CC[C@H]4[C@@H](C[C@H]5[C@H]4C[C@@H](O)[C@H]4C[C@@H](O)CC[C@@]45C)[C@@H]3CN2C1. The monoisotopic (exact) mass is 415 g/mol. The van der Waals surface area contributed by atoms with Crippen LogP contribution in [-0.4, -0.2) is 46.5 Å². The highest BCUT2D eigenvalue weighted by molar-refractivity contribution is 5.12. The largest absolute Gasteiger partial charge is 0.393 e. The quantitative estimate of drug-likeness (QED) is 0.609. The maximum Gasteiger partial charge on any atom is 0.0577 e. The Labute approximate surface area is 184 Å². The highest BCUT2D eigenvalue weighted by atomic mass is 16.3. The summed E-state index contributed by atoms with van der Waals surface area (Å²) in [5, 5.41) is 21.5. The van der Waals surface area contributed by atoms with E-state index in [0.717, 1.165) is 79.1 Å². The predicted molar refractivity (Wildman–Crippen MR) is 120 cm³/mol. The first-order valence-corrected chi connectivity index (χ1v) is 13.5. The molecular formula is C27H45NO2. The van der Waals surface area contributed by atoms with Gasteiger partial charge in [-0.15, -0.1) is 0 Å². The van der Waals surface area contributed by atoms with Crippen LogP contribution in [0.4, 0.5) is 0 Å². The zero-order valence-corrected chi connectivity index (χ0v) is 19.5. The number of hydrogen-bond donors (Lipinski definition) is 2. The molecule has 3 nitrogen and oxygen atoms in total. The molecule has 6 aliphatic rings. The fraction of sp³-hybridized carbons (Fsp3) is 1.00. The number of aliphatic hydroxyl groups excluding tert-OH is 2. The summed E-state index contributed by atoms with van der Waals surface area (Å²) in [4.78, 5) is 2.92. The van der Waals surface area contributed by atoms with E-state index in [0.29, 0.717) is 5.92 Å². The molecule has 0 spiro atoms. The Kier molecular flexibility index (Phi) is 4.91. The normalized spacial score (nSPS) is 60.7. The lowest BCUT2D eigenvalue weighted by atomic mass is 9.51. The summed E-state index contributed by atoms with van der Waals surface area (Å²) in [5.74, 6) is 7.22. The van der Waals surface area contributed by atoms with E-state index in [9.17, 15) is 10.2 Å². The predicted octanol–water partition coefficient (Wildman–Crippen LogP) is 4.56. The van der Waals surface area contributed by atoms with Gasteiger partial charge in [-0.25, -0.2) is 0 Å². The van der Waals surface area contributed by atoms with E-state index >= 15 is 0 Å². The van der Waals surface area contributed by atoms with E-state index in [-0.39, 0.29) is 17.6 Å². The molecule has 0 unspecified atom stereocenters. The fourth-order valence-corrected chi connectivity index (χ4v) is 10.6. The lowest BCUT2D eigenvalue weighted by Gasteiger charge is -2.56. The van der Waals surface area contributed by atoms with Crippen molar-refractivity contribution in [3.8, 4) is 0 Å². The molecule has 6 fully saturated rings. The van der Waals surface area contributed by atoms with Crippen molar-refractivity contribution in [1.29, 1.82) is 0 Å². The summed E-state index contributed by atoms with van der Waals surface area (Å²) in [6, 6.07) is 0.853. The number of rotatable bonds is 0. The molecule has 2 aliphatic heterocycles. The van der Waals surface area contributed by atoms with E-state index in [1.165, 1.54) is 45.2 Å². The van der Waals surface area contributed by atoms with Crippen LogP contribution in [0.1, 0.15) is 78.6 Å². The molecule has 13 atom stereocenters. The van der Waals surface area contributed by atoms with Crippen LogP contribution in [0.2, 0.25) is 0 Å². The molecule has 0 aromatic heterocycles. The fourth-order valence-electron chi connectivity index (χ4n) is 10.6. The van der Waals surface area contributed by atoms with Gasteiger partial charge < -0.3 is 10.2 Å². The molecule has 0 aromatic rings. The molecule has 0 bridgehead atoms. The molecule has 4 aliphatic carbocycles. The molecular weight excluding hydrogens is 370 g/mol. The summed E-state index contributed by atoms with van der Waals surface area (Å²) in [7, 11) is 0. The zero-order chi connectivity index (χ0) is 20.8. The molecule has 2 saturated heterocycles. The summed E-state index contributed by atoms with van der Waals surface area (Å²) >= 11 is 0. The third-order valence-corrected chi connectivity index (χ3v) is 12.0. The van der Waals surface area contributed by atoms with E-state index in [2.05, 4.69) is 25.7 Å². The first-order chi connectivity index (χ1) is 14.4. The van der Waals surface area contributed by atoms with Crippen molar-refractivity contribution < 1.29 is 10.2 Å². The van der Waals surface area contributed by atoms with Gasteiger partial charge in [0.2, 0.25) is 0 Å². The minimum atomic E-state index is -0.181. The summed E-state index contributed by atoms with van der Waals surface area (Å²) < 4.78 is 0. The van der Waals surface area contributed by atoms with Crippen molar-refractivity contribution in [3.63, 3.8) is 0 Å². The topological polar surface area (TPSA) is 43.7 Å². The molecule has 3 heteroatoms. The Balaban J connectivity index is 1.28. The number of hydrogen-bond acceptors (Lipinski definition) is 3. The van der Waals surface area contributed by atoms with E-state index in [1.54, 1.807) is 0 Å². The van der Waals surface area contributed by atoms with Crippen LogP contribution in [0.3, 0.4) is 0 Å². The third-order valence-electron chi connectivity index (χ3n) is 12.0. The smallest absolute Gasteiger partial charge is 0.0577 e. The van der Waals surface area contributed by atoms with Gasteiger partial charge in [-0.05, 0) is 116 Å². The second-order valence-corrected chi connectivity index (χ2v) is 13.1. The highest BCUT2D eigenvalue weighted by Crippen LogP contribution is 2.67. The van der Waals surface area contributed by atoms with Gasteiger partial charge in [-0.2, -0.15) is 0 Å². The van der Waals surface area contributed by atoms with Crippen LogP contribution in [0.15, 0.2) is 0 Å². The lowest BCUT2D eigenvalue weighted by molar-refractivity contribution is -0.130. The Bertz CT molecular complexity index is 665. The molecule has 4 saturated carbocycles. The van der Waals surface area contributed by atoms with Crippen LogP contribution < -0.4 is 0 Å². The molecule has 170 valence electrons. The minimum Gasteiger partial charge on any atom is -0.393 e. The molecule has 30 heavy (non-hydrogen) atoms. The summed E-state index contributed by atoms with van der Waals surface area (Å²) in [5.41, 5.74) is 0.261. The molecule has 0 amide bonds. The van der Waals surface area contributed by atoms with Gasteiger partial charge in [-0.1, -0.05) is 20.8 Å². The summed E-state index contributed by atoms with van der Waals surface area (Å²) in [6.07, 6.45) is 10.7. The van der Waals surface area contributed by atoms with Crippen LogP contribution in [-0.2, 0) is 0 Å². The van der Waals surface area contributed by atoms with Crippen molar-refractivity contribution >= 4 is 0 Å². The number of aliphatic hydroxyl groups is 2. The zero-order valence-electron chi connectivity index (χ0n) is 19.5. The second kappa shape index (κ2) is 7.19. The molecule has 6 rings (SSSR count). The maximum atomic E-state index is 11.2. The van der Waals surface area contributed by atoms with Crippen molar-refractivity contribution in [2.75, 3.05) is 13.1 Å². The highest BCUT2D eigenvalue weighted by Gasteiger charge is 2.62. The van der Waals surface area contributed by atoms with E-state index in [1.807, 2.05) is 0 Å². The van der Waals surface area contributed by atoms with Gasteiger partial charge in [-0.3, -0.25) is 4.90 Å². The minimum absolute atomic E-state index is 0.180. The number of piperidine rings is 2. The average Bonchev–Trinajstić information content (AvgIpc) is 3.09. The van der Waals surface area contributed by atoms with Gasteiger partial charge in [0, 0.05) is 19.1 Å². The molecule has 0 radical (unpaired) electrons. The Morgan fingerprint density at radius 1 is 0.733 bits per heavy atom. The Hall–Kier alpha value is -0.120. The van der Waals surface area contributed by atoms with Gasteiger partial charge in [0.15, 0.2) is 0 Å². The van der Waals surface area contributed by atoms with Crippen LogP contribution in [0.5, 0.6) is 0 Å². The number of fused-ring (bicyclic) bond motifs is 8. The lowest BCUT2D eigenvalue weighted by Crippen LogP contribution is -2.58. The molecule has 0 aromatic carbocycles. The molecule has 2 heterocycles. The van der Waals surface area contributed by atoms with Gasteiger partial charge >= 0.3 is 0 Å². The van der Waals surface area contributed by atoms with E-state index < -0.39 is 0 Å². The Morgan fingerprint density at radius 2 is 1.53 bits per heavy atom. The third kappa shape index (κ3) is 2.86. The van der Waals surface area contributed by atoms with Crippen LogP contribution in [0, 0.1) is 58.7 Å². The van der Waals surface area contributed by atoms with Crippen LogP contribution >= 0.6 is 0 Å². The molecule has 2 N–H and O–H groups in total. The first kappa shape index (κ1) is 20.5. The average molecular weight is 416 g/mol. The van der Waals surface area contributed by atoms with Crippen molar-refractivity contribution in [2.24, 2.45) is 58.7 Å². The Morgan fingerprint density at radius 3 is 2.37 bits per heavy atom. The van der Waals surface area contributed by atoms with Crippen molar-refractivity contribution in [1.82, 2.24) is 4.90 Å². The first-order valence-electron chi connectivity index (χ1n) is 13.5. The standard InChI is InChI=1S/C27H45NO2/c1-15-4-7-25-16(2)18-5-6-19-20(22(18)14-28(25)13-15)11-23-21(19)12-26(30)24-10-17(29)8-9-27(23,24)3/h15-26,29-30H,4-14H2,1-3H3/t15-,16-,17-,18+,19-,20+,21-,22+,23-,24+,25-,26+,27+/m0/s1. The summed E-state index contributed by atoms with van der Waals surface area (Å²) in [6.45, 7) is 10.3. The number of nitrogens with zero attached hydrogens (tertiary/aromatic N) is 1. The van der Waals surface area contributed by atoms with Crippen LogP contribution in [0.25, 0.3) is 0 Å². The second-order valence-electron chi connectivity index (χ2n) is 13.1. The maximum absolute atomic E-state index is 11.2. The van der Waals surface area contributed by atoms with Gasteiger partial charge in [0.05, 0.1) is 12.2 Å². The van der Waals surface area contributed by atoms with Gasteiger partial charge in [0.1, 0.15) is 0 Å². The van der Waals surface area contributed by atoms with Gasteiger partial charge in [0.25, 0.3) is 0 Å².